The zero-order valence-electron chi connectivity index (χ0n) is 12.0. The predicted octanol–water partition coefficient (Wildman–Crippen LogP) is 2.90. The molecule has 0 radical (unpaired) electrons. The Morgan fingerprint density at radius 2 is 2.05 bits per heavy atom. The quantitative estimate of drug-likeness (QED) is 0.919. The van der Waals surface area contributed by atoms with Crippen molar-refractivity contribution < 1.29 is 14.3 Å². The molecule has 0 saturated carbocycles. The van der Waals surface area contributed by atoms with Gasteiger partial charge in [0.15, 0.2) is 0 Å². The van der Waals surface area contributed by atoms with Crippen LogP contribution in [0.25, 0.3) is 0 Å². The molecule has 1 unspecified atom stereocenters. The number of hydrogen-bond acceptors (Lipinski definition) is 3. The smallest absolute Gasteiger partial charge is 0.312 e. The molecule has 0 aliphatic rings. The number of rotatable bonds is 5. The van der Waals surface area contributed by atoms with E-state index in [0.717, 1.165) is 5.69 Å². The van der Waals surface area contributed by atoms with Crippen LogP contribution in [0.15, 0.2) is 30.3 Å². The Hall–Kier alpha value is -2.30. The lowest BCUT2D eigenvalue weighted by Crippen LogP contribution is -2.18. The van der Waals surface area contributed by atoms with Crippen LogP contribution in [-0.4, -0.2) is 21.0 Å². The lowest BCUT2D eigenvalue weighted by atomic mass is 9.95. The molecule has 2 rings (SSSR count). The molecule has 5 heteroatoms. The van der Waals surface area contributed by atoms with Crippen molar-refractivity contribution in [3.8, 4) is 0 Å². The third kappa shape index (κ3) is 3.62. The molecular weight excluding hydrogens is 271 g/mol. The van der Waals surface area contributed by atoms with E-state index < -0.39 is 17.7 Å². The first-order valence-electron chi connectivity index (χ1n) is 6.82. The van der Waals surface area contributed by atoms with Gasteiger partial charge in [0, 0.05) is 5.69 Å². The number of halogens is 1. The van der Waals surface area contributed by atoms with E-state index >= 15 is 0 Å². The molecule has 110 valence electrons. The highest BCUT2D eigenvalue weighted by Crippen LogP contribution is 2.22. The van der Waals surface area contributed by atoms with E-state index in [-0.39, 0.29) is 6.42 Å². The topological polar surface area (TPSA) is 63.1 Å². The van der Waals surface area contributed by atoms with Gasteiger partial charge >= 0.3 is 5.97 Å². The Kier molecular flexibility index (Phi) is 4.62. The van der Waals surface area contributed by atoms with Crippen molar-refractivity contribution >= 4 is 5.97 Å². The summed E-state index contributed by atoms with van der Waals surface area (Å²) in [6, 6.07) is 7.89. The average Bonchev–Trinajstić information content (AvgIpc) is 2.45. The zero-order chi connectivity index (χ0) is 15.4. The van der Waals surface area contributed by atoms with Gasteiger partial charge in [-0.2, -0.15) is 0 Å². The summed E-state index contributed by atoms with van der Waals surface area (Å²) in [5.74, 6) is -1.76. The fourth-order valence-electron chi connectivity index (χ4n) is 2.22. The Morgan fingerprint density at radius 1 is 1.33 bits per heavy atom. The Bertz CT molecular complexity index is 658. The van der Waals surface area contributed by atoms with Gasteiger partial charge in [-0.1, -0.05) is 25.1 Å². The van der Waals surface area contributed by atoms with Crippen LogP contribution in [-0.2, 0) is 17.6 Å². The molecule has 1 atom stereocenters. The summed E-state index contributed by atoms with van der Waals surface area (Å²) < 4.78 is 13.7. The highest BCUT2D eigenvalue weighted by Gasteiger charge is 2.24. The normalized spacial score (nSPS) is 12.1. The molecule has 1 aromatic carbocycles. The van der Waals surface area contributed by atoms with Gasteiger partial charge in [-0.15, -0.1) is 0 Å². The van der Waals surface area contributed by atoms with Crippen molar-refractivity contribution in [2.75, 3.05) is 0 Å². The number of carbonyl (C=O) groups is 1. The monoisotopic (exact) mass is 288 g/mol. The van der Waals surface area contributed by atoms with E-state index in [9.17, 15) is 14.3 Å². The molecule has 1 N–H and O–H groups in total. The number of carboxylic acids is 1. The standard InChI is InChI=1S/C16H17FN2O2/c1-3-12-9-15(19-10(2)18-12)13(16(20)21)8-11-6-4-5-7-14(11)17/h4-7,9,13H,3,8H2,1-2H3,(H,20,21). The maximum absolute atomic E-state index is 13.7. The minimum absolute atomic E-state index is 0.0710. The first-order chi connectivity index (χ1) is 10.0. The van der Waals surface area contributed by atoms with Gasteiger partial charge in [-0.3, -0.25) is 4.79 Å². The Morgan fingerprint density at radius 3 is 2.67 bits per heavy atom. The van der Waals surface area contributed by atoms with Gasteiger partial charge < -0.3 is 5.11 Å². The fraction of sp³-hybridized carbons (Fsp3) is 0.312. The Labute approximate surface area is 122 Å². The third-order valence-electron chi connectivity index (χ3n) is 3.31. The highest BCUT2D eigenvalue weighted by molar-refractivity contribution is 5.76. The first-order valence-corrected chi connectivity index (χ1v) is 6.82. The molecule has 0 bridgehead atoms. The van der Waals surface area contributed by atoms with Crippen LogP contribution in [0.4, 0.5) is 4.39 Å². The van der Waals surface area contributed by atoms with Crippen molar-refractivity contribution in [3.63, 3.8) is 0 Å². The minimum atomic E-state index is -1.02. The van der Waals surface area contributed by atoms with Gasteiger partial charge in [0.1, 0.15) is 17.6 Å². The molecule has 0 aliphatic heterocycles. The fourth-order valence-corrected chi connectivity index (χ4v) is 2.22. The molecule has 2 aromatic rings. The second-order valence-corrected chi connectivity index (χ2v) is 4.87. The summed E-state index contributed by atoms with van der Waals surface area (Å²) in [5.41, 5.74) is 1.59. The molecule has 0 saturated heterocycles. The Balaban J connectivity index is 2.38. The van der Waals surface area contributed by atoms with E-state index in [1.165, 1.54) is 6.07 Å². The van der Waals surface area contributed by atoms with Gasteiger partial charge in [0.05, 0.1) is 5.69 Å². The summed E-state index contributed by atoms with van der Waals surface area (Å²) in [6.45, 7) is 3.67. The van der Waals surface area contributed by atoms with Gasteiger partial charge in [-0.25, -0.2) is 14.4 Å². The van der Waals surface area contributed by atoms with Crippen molar-refractivity contribution in [2.45, 2.75) is 32.6 Å². The van der Waals surface area contributed by atoms with Crippen LogP contribution < -0.4 is 0 Å². The van der Waals surface area contributed by atoms with Crippen LogP contribution in [0.3, 0.4) is 0 Å². The van der Waals surface area contributed by atoms with Gasteiger partial charge in [0.2, 0.25) is 0 Å². The first kappa shape index (κ1) is 15.1. The molecule has 0 fully saturated rings. The second-order valence-electron chi connectivity index (χ2n) is 4.87. The number of aromatic nitrogens is 2. The number of hydrogen-bond donors (Lipinski definition) is 1. The number of nitrogens with zero attached hydrogens (tertiary/aromatic N) is 2. The summed E-state index contributed by atoms with van der Waals surface area (Å²) in [6.07, 6.45) is 0.768. The maximum Gasteiger partial charge on any atom is 0.312 e. The van der Waals surface area contributed by atoms with Crippen molar-refractivity contribution in [3.05, 3.63) is 58.9 Å². The molecule has 0 spiro atoms. The van der Waals surface area contributed by atoms with Crippen LogP contribution in [0.5, 0.6) is 0 Å². The van der Waals surface area contributed by atoms with Crippen LogP contribution in [0.2, 0.25) is 0 Å². The summed E-state index contributed by atoms with van der Waals surface area (Å²) in [4.78, 5) is 20.0. The maximum atomic E-state index is 13.7. The second kappa shape index (κ2) is 6.43. The number of aliphatic carboxylic acids is 1. The SMILES string of the molecule is CCc1cc(C(Cc2ccccc2F)C(=O)O)nc(C)n1. The van der Waals surface area contributed by atoms with Crippen molar-refractivity contribution in [1.82, 2.24) is 9.97 Å². The third-order valence-corrected chi connectivity index (χ3v) is 3.31. The van der Waals surface area contributed by atoms with E-state index in [0.29, 0.717) is 23.5 Å². The van der Waals surface area contributed by atoms with E-state index in [4.69, 9.17) is 0 Å². The van der Waals surface area contributed by atoms with Gasteiger partial charge in [0.25, 0.3) is 0 Å². The van der Waals surface area contributed by atoms with Crippen LogP contribution in [0, 0.1) is 12.7 Å². The molecule has 21 heavy (non-hydrogen) atoms. The summed E-state index contributed by atoms with van der Waals surface area (Å²) >= 11 is 0. The van der Waals surface area contributed by atoms with Crippen molar-refractivity contribution in [1.29, 1.82) is 0 Å². The summed E-state index contributed by atoms with van der Waals surface area (Å²) in [5, 5.41) is 9.45. The minimum Gasteiger partial charge on any atom is -0.481 e. The molecule has 1 aromatic heterocycles. The molecule has 4 nitrogen and oxygen atoms in total. The molecule has 0 aliphatic carbocycles. The number of aryl methyl sites for hydroxylation is 2. The average molecular weight is 288 g/mol. The van der Waals surface area contributed by atoms with E-state index in [2.05, 4.69) is 9.97 Å². The van der Waals surface area contributed by atoms with E-state index in [1.807, 2.05) is 6.92 Å². The summed E-state index contributed by atoms with van der Waals surface area (Å²) in [7, 11) is 0. The lowest BCUT2D eigenvalue weighted by Gasteiger charge is -2.14. The predicted molar refractivity (Wildman–Crippen MR) is 76.6 cm³/mol. The number of benzene rings is 1. The zero-order valence-corrected chi connectivity index (χ0v) is 12.0. The molecule has 1 heterocycles. The van der Waals surface area contributed by atoms with E-state index in [1.54, 1.807) is 31.2 Å². The lowest BCUT2D eigenvalue weighted by molar-refractivity contribution is -0.138. The van der Waals surface area contributed by atoms with Crippen LogP contribution in [0.1, 0.15) is 35.6 Å². The van der Waals surface area contributed by atoms with Crippen molar-refractivity contribution in [2.24, 2.45) is 0 Å². The highest BCUT2D eigenvalue weighted by atomic mass is 19.1. The molecule has 0 amide bonds. The van der Waals surface area contributed by atoms with Crippen LogP contribution >= 0.6 is 0 Å². The van der Waals surface area contributed by atoms with Gasteiger partial charge in [-0.05, 0) is 37.5 Å². The largest absolute Gasteiger partial charge is 0.481 e. The molecular formula is C16H17FN2O2. The number of carboxylic acid groups (broad SMARTS) is 1.